The first-order chi connectivity index (χ1) is 5.94. The minimum atomic E-state index is 0.563. The molecular weight excluding hydrogens is 158 g/mol. The van der Waals surface area contributed by atoms with Crippen molar-refractivity contribution in [1.82, 2.24) is 5.32 Å². The third-order valence-electron chi connectivity index (χ3n) is 3.58. The topological polar surface area (TPSA) is 12.0 Å². The smallest absolute Gasteiger partial charge is 0.00642 e. The van der Waals surface area contributed by atoms with Crippen LogP contribution in [0.1, 0.15) is 47.0 Å². The van der Waals surface area contributed by atoms with Gasteiger partial charge in [-0.25, -0.2) is 0 Å². The summed E-state index contributed by atoms with van der Waals surface area (Å²) in [4.78, 5) is 0. The van der Waals surface area contributed by atoms with Gasteiger partial charge in [0.1, 0.15) is 0 Å². The fourth-order valence-electron chi connectivity index (χ4n) is 3.04. The van der Waals surface area contributed by atoms with Gasteiger partial charge in [0.2, 0.25) is 0 Å². The standard InChI is InChI=1S/C12H25N/c1-9-6-11(10(2)13-5)8-12(3,4)7-9/h9-11,13H,6-8H2,1-5H3. The van der Waals surface area contributed by atoms with Crippen LogP contribution in [0.25, 0.3) is 0 Å². The first-order valence-corrected chi connectivity index (χ1v) is 5.62. The zero-order valence-electron chi connectivity index (χ0n) is 9.85. The molecule has 0 heterocycles. The summed E-state index contributed by atoms with van der Waals surface area (Å²) in [5.41, 5.74) is 0.563. The van der Waals surface area contributed by atoms with Gasteiger partial charge >= 0.3 is 0 Å². The van der Waals surface area contributed by atoms with Crippen LogP contribution >= 0.6 is 0 Å². The van der Waals surface area contributed by atoms with E-state index in [4.69, 9.17) is 0 Å². The van der Waals surface area contributed by atoms with E-state index in [0.29, 0.717) is 11.5 Å². The van der Waals surface area contributed by atoms with Crippen molar-refractivity contribution in [3.8, 4) is 0 Å². The van der Waals surface area contributed by atoms with Crippen LogP contribution in [0.3, 0.4) is 0 Å². The Balaban J connectivity index is 2.57. The van der Waals surface area contributed by atoms with Gasteiger partial charge in [-0.1, -0.05) is 20.8 Å². The van der Waals surface area contributed by atoms with Gasteiger partial charge in [-0.3, -0.25) is 0 Å². The quantitative estimate of drug-likeness (QED) is 0.694. The van der Waals surface area contributed by atoms with Gasteiger partial charge in [-0.15, -0.1) is 0 Å². The van der Waals surface area contributed by atoms with Crippen molar-refractivity contribution in [3.05, 3.63) is 0 Å². The molecule has 1 fully saturated rings. The van der Waals surface area contributed by atoms with E-state index in [1.54, 1.807) is 0 Å². The second-order valence-corrected chi connectivity index (χ2v) is 5.75. The summed E-state index contributed by atoms with van der Waals surface area (Å²) < 4.78 is 0. The second-order valence-electron chi connectivity index (χ2n) is 5.75. The van der Waals surface area contributed by atoms with Crippen molar-refractivity contribution in [2.75, 3.05) is 7.05 Å². The second kappa shape index (κ2) is 4.00. The van der Waals surface area contributed by atoms with E-state index in [1.807, 2.05) is 0 Å². The summed E-state index contributed by atoms with van der Waals surface area (Å²) in [6, 6.07) is 0.682. The van der Waals surface area contributed by atoms with Crippen LogP contribution in [-0.4, -0.2) is 13.1 Å². The molecule has 1 aliphatic carbocycles. The van der Waals surface area contributed by atoms with Crippen molar-refractivity contribution >= 4 is 0 Å². The Morgan fingerprint density at radius 3 is 2.38 bits per heavy atom. The molecule has 0 aliphatic heterocycles. The minimum absolute atomic E-state index is 0.563. The van der Waals surface area contributed by atoms with Crippen molar-refractivity contribution in [2.45, 2.75) is 53.0 Å². The highest BCUT2D eigenvalue weighted by Gasteiger charge is 2.33. The maximum absolute atomic E-state index is 3.39. The predicted octanol–water partition coefficient (Wildman–Crippen LogP) is 3.06. The Labute approximate surface area is 83.3 Å². The molecule has 0 aromatic carbocycles. The van der Waals surface area contributed by atoms with E-state index in [1.165, 1.54) is 19.3 Å². The summed E-state index contributed by atoms with van der Waals surface area (Å²) in [7, 11) is 2.08. The van der Waals surface area contributed by atoms with E-state index >= 15 is 0 Å². The first kappa shape index (κ1) is 11.0. The Hall–Kier alpha value is -0.0400. The highest BCUT2D eigenvalue weighted by atomic mass is 14.9. The molecule has 1 heteroatoms. The lowest BCUT2D eigenvalue weighted by molar-refractivity contribution is 0.113. The largest absolute Gasteiger partial charge is 0.317 e. The zero-order chi connectivity index (χ0) is 10.1. The van der Waals surface area contributed by atoms with Gasteiger partial charge in [0.15, 0.2) is 0 Å². The number of hydrogen-bond acceptors (Lipinski definition) is 1. The van der Waals surface area contributed by atoms with E-state index in [-0.39, 0.29) is 0 Å². The normalized spacial score (nSPS) is 35.8. The van der Waals surface area contributed by atoms with Crippen LogP contribution in [-0.2, 0) is 0 Å². The van der Waals surface area contributed by atoms with E-state index in [0.717, 1.165) is 11.8 Å². The molecular formula is C12H25N. The Morgan fingerprint density at radius 1 is 1.31 bits per heavy atom. The van der Waals surface area contributed by atoms with Gasteiger partial charge in [0, 0.05) is 6.04 Å². The molecule has 1 N–H and O–H groups in total. The fraction of sp³-hybridized carbons (Fsp3) is 1.00. The highest BCUT2D eigenvalue weighted by Crippen LogP contribution is 2.42. The average Bonchev–Trinajstić information content (AvgIpc) is 1.99. The van der Waals surface area contributed by atoms with Gasteiger partial charge in [-0.05, 0) is 50.5 Å². The molecule has 1 rings (SSSR count). The first-order valence-electron chi connectivity index (χ1n) is 5.62. The Morgan fingerprint density at radius 2 is 1.92 bits per heavy atom. The molecule has 1 saturated carbocycles. The molecule has 0 amide bonds. The predicted molar refractivity (Wildman–Crippen MR) is 58.8 cm³/mol. The summed E-state index contributed by atoms with van der Waals surface area (Å²) in [5, 5.41) is 3.39. The lowest BCUT2D eigenvalue weighted by Gasteiger charge is -2.41. The number of rotatable bonds is 2. The number of hydrogen-bond donors (Lipinski definition) is 1. The monoisotopic (exact) mass is 183 g/mol. The number of nitrogens with one attached hydrogen (secondary N) is 1. The molecule has 78 valence electrons. The molecule has 3 atom stereocenters. The molecule has 0 bridgehead atoms. The third-order valence-corrected chi connectivity index (χ3v) is 3.58. The maximum Gasteiger partial charge on any atom is 0.00642 e. The molecule has 0 saturated heterocycles. The summed E-state index contributed by atoms with van der Waals surface area (Å²) in [6.45, 7) is 9.55. The molecule has 3 unspecified atom stereocenters. The van der Waals surface area contributed by atoms with Crippen LogP contribution in [0, 0.1) is 17.3 Å². The molecule has 1 nitrogen and oxygen atoms in total. The summed E-state index contributed by atoms with van der Waals surface area (Å²) in [6.07, 6.45) is 4.20. The van der Waals surface area contributed by atoms with Crippen LogP contribution in [0.5, 0.6) is 0 Å². The van der Waals surface area contributed by atoms with E-state index < -0.39 is 0 Å². The van der Waals surface area contributed by atoms with Crippen molar-refractivity contribution in [2.24, 2.45) is 17.3 Å². The van der Waals surface area contributed by atoms with Crippen LogP contribution in [0.2, 0.25) is 0 Å². The molecule has 1 aliphatic rings. The van der Waals surface area contributed by atoms with Crippen LogP contribution in [0.4, 0.5) is 0 Å². The lowest BCUT2D eigenvalue weighted by atomic mass is 9.66. The van der Waals surface area contributed by atoms with Gasteiger partial charge in [0.05, 0.1) is 0 Å². The summed E-state index contributed by atoms with van der Waals surface area (Å²) in [5.74, 6) is 1.79. The summed E-state index contributed by atoms with van der Waals surface area (Å²) >= 11 is 0. The zero-order valence-corrected chi connectivity index (χ0v) is 9.85. The lowest BCUT2D eigenvalue weighted by Crippen LogP contribution is -2.38. The molecule has 13 heavy (non-hydrogen) atoms. The average molecular weight is 183 g/mol. The van der Waals surface area contributed by atoms with E-state index in [2.05, 4.69) is 40.1 Å². The van der Waals surface area contributed by atoms with Gasteiger partial charge in [0.25, 0.3) is 0 Å². The van der Waals surface area contributed by atoms with Crippen LogP contribution in [0.15, 0.2) is 0 Å². The maximum atomic E-state index is 3.39. The Bertz CT molecular complexity index is 163. The van der Waals surface area contributed by atoms with Crippen molar-refractivity contribution in [1.29, 1.82) is 0 Å². The van der Waals surface area contributed by atoms with E-state index in [9.17, 15) is 0 Å². The van der Waals surface area contributed by atoms with Gasteiger partial charge < -0.3 is 5.32 Å². The molecule has 0 aromatic heterocycles. The molecule has 0 aromatic rings. The highest BCUT2D eigenvalue weighted by molar-refractivity contribution is 4.86. The SMILES string of the molecule is CNC(C)C1CC(C)CC(C)(C)C1. The fourth-order valence-corrected chi connectivity index (χ4v) is 3.04. The molecule has 0 radical (unpaired) electrons. The Kier molecular flexibility index (Phi) is 3.39. The van der Waals surface area contributed by atoms with Crippen LogP contribution < -0.4 is 5.32 Å². The van der Waals surface area contributed by atoms with Gasteiger partial charge in [-0.2, -0.15) is 0 Å². The third kappa shape index (κ3) is 2.98. The molecule has 0 spiro atoms. The van der Waals surface area contributed by atoms with Crippen molar-refractivity contribution in [3.63, 3.8) is 0 Å². The van der Waals surface area contributed by atoms with Crippen molar-refractivity contribution < 1.29 is 0 Å². The minimum Gasteiger partial charge on any atom is -0.317 e.